The first-order chi connectivity index (χ1) is 16.8. The second kappa shape index (κ2) is 11.6. The molecule has 0 spiro atoms. The molecule has 2 heterocycles. The van der Waals surface area contributed by atoms with Crippen molar-refractivity contribution in [2.24, 2.45) is 5.11 Å². The van der Waals surface area contributed by atoms with Crippen molar-refractivity contribution in [3.8, 4) is 0 Å². The van der Waals surface area contributed by atoms with Crippen LogP contribution in [0.1, 0.15) is 37.8 Å². The Morgan fingerprint density at radius 3 is 2.77 bits per heavy atom. The molecule has 1 aromatic carbocycles. The van der Waals surface area contributed by atoms with E-state index in [1.165, 1.54) is 5.56 Å². The minimum absolute atomic E-state index is 0.00000873. The minimum Gasteiger partial charge on any atom is -0.441 e. The van der Waals surface area contributed by atoms with E-state index in [1.807, 2.05) is 6.07 Å². The Labute approximate surface area is 220 Å². The number of carbonyl (C=O) groups is 1. The zero-order valence-electron chi connectivity index (χ0n) is 20.6. The normalized spacial score (nSPS) is 35.8. The summed E-state index contributed by atoms with van der Waals surface area (Å²) >= 11 is 2.36. The molecule has 0 bridgehead atoms. The van der Waals surface area contributed by atoms with E-state index in [0.717, 1.165) is 19.4 Å². The number of rotatable bonds is 8. The summed E-state index contributed by atoms with van der Waals surface area (Å²) in [7, 11) is 5.40. The van der Waals surface area contributed by atoms with Gasteiger partial charge in [0.25, 0.3) is 0 Å². The lowest BCUT2D eigenvalue weighted by atomic mass is 9.83. The van der Waals surface area contributed by atoms with E-state index >= 15 is 0 Å². The van der Waals surface area contributed by atoms with Gasteiger partial charge < -0.3 is 23.8 Å². The number of alkyl halides is 1. The van der Waals surface area contributed by atoms with Crippen molar-refractivity contribution >= 4 is 28.7 Å². The number of benzene rings is 1. The van der Waals surface area contributed by atoms with E-state index in [-0.39, 0.29) is 28.2 Å². The Bertz CT molecular complexity index is 919. The van der Waals surface area contributed by atoms with Gasteiger partial charge in [0, 0.05) is 31.7 Å². The highest BCUT2D eigenvalue weighted by atomic mass is 127. The van der Waals surface area contributed by atoms with E-state index in [9.17, 15) is 10.3 Å². The summed E-state index contributed by atoms with van der Waals surface area (Å²) in [5.41, 5.74) is 10.5. The maximum atomic E-state index is 12.4. The van der Waals surface area contributed by atoms with E-state index in [1.54, 1.807) is 19.1 Å². The van der Waals surface area contributed by atoms with Gasteiger partial charge in [-0.15, -0.1) is 0 Å². The quantitative estimate of drug-likeness (QED) is 0.145. The smallest absolute Gasteiger partial charge is 0.410 e. The topological polar surface area (TPSA) is 109 Å². The molecule has 2 aliphatic heterocycles. The Balaban J connectivity index is 1.46. The molecule has 1 saturated carbocycles. The van der Waals surface area contributed by atoms with E-state index < -0.39 is 30.6 Å². The predicted molar refractivity (Wildman–Crippen MR) is 138 cm³/mol. The van der Waals surface area contributed by atoms with Gasteiger partial charge in [-0.1, -0.05) is 58.0 Å². The molecule has 1 aromatic rings. The fourth-order valence-electron chi connectivity index (χ4n) is 5.34. The van der Waals surface area contributed by atoms with Crippen LogP contribution in [-0.4, -0.2) is 90.4 Å². The number of nitrogens with zero attached hydrogens (tertiary/aromatic N) is 5. The van der Waals surface area contributed by atoms with E-state index in [2.05, 4.69) is 75.8 Å². The van der Waals surface area contributed by atoms with Crippen molar-refractivity contribution in [2.75, 3.05) is 27.7 Å². The van der Waals surface area contributed by atoms with Crippen LogP contribution in [0.15, 0.2) is 35.4 Å². The number of amides is 1. The lowest BCUT2D eigenvalue weighted by Crippen LogP contribution is -2.60. The van der Waals surface area contributed by atoms with Gasteiger partial charge in [-0.3, -0.25) is 4.90 Å². The van der Waals surface area contributed by atoms with Gasteiger partial charge in [-0.2, -0.15) is 0 Å². The van der Waals surface area contributed by atoms with Crippen molar-refractivity contribution in [3.05, 3.63) is 46.3 Å². The average Bonchev–Trinajstić information content (AvgIpc) is 3.16. The summed E-state index contributed by atoms with van der Waals surface area (Å²) in [5, 5.41) is 3.99. The van der Waals surface area contributed by atoms with E-state index in [4.69, 9.17) is 18.9 Å². The minimum atomic E-state index is -0.613. The summed E-state index contributed by atoms with van der Waals surface area (Å²) in [5.74, 6) is 0. The summed E-state index contributed by atoms with van der Waals surface area (Å²) < 4.78 is 24.4. The van der Waals surface area contributed by atoms with Crippen molar-refractivity contribution in [3.63, 3.8) is 0 Å². The molecule has 35 heavy (non-hydrogen) atoms. The first-order valence-electron chi connectivity index (χ1n) is 12.0. The number of methoxy groups -OCH3 is 1. The molecule has 0 N–H and O–H groups in total. The van der Waals surface area contributed by atoms with Crippen LogP contribution in [0, 0.1) is 0 Å². The van der Waals surface area contributed by atoms with E-state index in [0.29, 0.717) is 6.42 Å². The zero-order valence-corrected chi connectivity index (χ0v) is 22.7. The zero-order chi connectivity index (χ0) is 25.1. The van der Waals surface area contributed by atoms with Crippen molar-refractivity contribution in [1.82, 2.24) is 9.80 Å². The molecular formula is C24H34IN5O5. The van der Waals surface area contributed by atoms with Crippen LogP contribution in [0.3, 0.4) is 0 Å². The summed E-state index contributed by atoms with van der Waals surface area (Å²) in [6, 6.07) is 9.82. The number of halogens is 1. The number of carbonyl (C=O) groups excluding carboxylic acids is 1. The molecule has 0 aromatic heterocycles. The second-order valence-corrected chi connectivity index (χ2v) is 11.2. The third kappa shape index (κ3) is 5.70. The molecule has 4 rings (SSSR count). The lowest BCUT2D eigenvalue weighted by molar-refractivity contribution is -0.238. The predicted octanol–water partition coefficient (Wildman–Crippen LogP) is 4.29. The summed E-state index contributed by atoms with van der Waals surface area (Å²) in [6.07, 6.45) is -0.144. The molecule has 9 atom stereocenters. The largest absolute Gasteiger partial charge is 0.441 e. The number of ether oxygens (including phenoxy) is 4. The first-order valence-corrected chi connectivity index (χ1v) is 13.3. The highest BCUT2D eigenvalue weighted by Crippen LogP contribution is 2.38. The van der Waals surface area contributed by atoms with Crippen LogP contribution in [0.5, 0.6) is 0 Å². The van der Waals surface area contributed by atoms with Crippen LogP contribution in [-0.2, 0) is 18.9 Å². The second-order valence-electron chi connectivity index (χ2n) is 9.58. The Hall–Kier alpha value is -1.63. The summed E-state index contributed by atoms with van der Waals surface area (Å²) in [4.78, 5) is 19.2. The van der Waals surface area contributed by atoms with Crippen LogP contribution in [0.25, 0.3) is 10.4 Å². The molecule has 0 unspecified atom stereocenters. The molecule has 2 saturated heterocycles. The standard InChI is InChI=1S/C24H34IN5O5/c1-14(15-8-6-5-7-9-15)29(2)13-16-10-11-17(25)23(33-16)34-21-18(27-28-26)12-19(32-4)20-22(21)35-24(31)30(20)3/h5-9,14,16-23H,10-13H2,1-4H3/t14-,16+,17+,18+,19+,20-,21-,22-,23-/m1/s1. The van der Waals surface area contributed by atoms with Gasteiger partial charge >= 0.3 is 6.09 Å². The molecule has 10 nitrogen and oxygen atoms in total. The fraction of sp³-hybridized carbons (Fsp3) is 0.708. The fourth-order valence-corrected chi connectivity index (χ4v) is 6.04. The van der Waals surface area contributed by atoms with Crippen LogP contribution < -0.4 is 0 Å². The SMILES string of the molecule is CO[C@H]1C[C@H](N=[N+]=[N-])[C@@H](O[C@H]2O[C@H](CN(C)[C@H](C)c3ccccc3)CC[C@@H]2I)[C@@H]2OC(=O)N(C)[C@@H]21. The third-order valence-corrected chi connectivity index (χ3v) is 8.69. The molecule has 3 aliphatic rings. The van der Waals surface area contributed by atoms with Crippen molar-refractivity contribution < 1.29 is 23.7 Å². The number of hydrogen-bond donors (Lipinski definition) is 0. The van der Waals surface area contributed by atoms with Crippen molar-refractivity contribution in [1.29, 1.82) is 0 Å². The van der Waals surface area contributed by atoms with Gasteiger partial charge in [0.1, 0.15) is 12.1 Å². The highest BCUT2D eigenvalue weighted by molar-refractivity contribution is 14.1. The maximum Gasteiger partial charge on any atom is 0.410 e. The highest BCUT2D eigenvalue weighted by Gasteiger charge is 2.56. The van der Waals surface area contributed by atoms with Crippen molar-refractivity contribution in [2.45, 2.75) is 78.9 Å². The van der Waals surface area contributed by atoms with Crippen LogP contribution in [0.4, 0.5) is 4.79 Å². The molecule has 11 heteroatoms. The first kappa shape index (κ1) is 26.4. The van der Waals surface area contributed by atoms with Gasteiger partial charge in [-0.05, 0) is 44.3 Å². The van der Waals surface area contributed by atoms with Gasteiger partial charge in [0.15, 0.2) is 12.4 Å². The molecule has 3 fully saturated rings. The average molecular weight is 599 g/mol. The Morgan fingerprint density at radius 2 is 2.09 bits per heavy atom. The maximum absolute atomic E-state index is 12.4. The van der Waals surface area contributed by atoms with Crippen LogP contribution >= 0.6 is 22.6 Å². The molecule has 192 valence electrons. The number of hydrogen-bond acceptors (Lipinski definition) is 7. The molecule has 1 aliphatic carbocycles. The number of likely N-dealkylation sites (N-methyl/N-ethyl adjacent to an activating group) is 2. The Kier molecular flexibility index (Phi) is 8.77. The lowest BCUT2D eigenvalue weighted by Gasteiger charge is -2.44. The number of fused-ring (bicyclic) bond motifs is 1. The van der Waals surface area contributed by atoms with Gasteiger partial charge in [-0.25, -0.2) is 4.79 Å². The van der Waals surface area contributed by atoms with Gasteiger partial charge in [0.05, 0.1) is 22.2 Å². The van der Waals surface area contributed by atoms with Crippen LogP contribution in [0.2, 0.25) is 0 Å². The Morgan fingerprint density at radius 1 is 1.34 bits per heavy atom. The van der Waals surface area contributed by atoms with Gasteiger partial charge in [0.2, 0.25) is 0 Å². The monoisotopic (exact) mass is 599 g/mol. The summed E-state index contributed by atoms with van der Waals surface area (Å²) in [6.45, 7) is 2.95. The molecular weight excluding hydrogens is 565 g/mol. The molecule has 0 radical (unpaired) electrons. The third-order valence-electron chi connectivity index (χ3n) is 7.48. The number of azide groups is 1. The molecule has 1 amide bonds.